The summed E-state index contributed by atoms with van der Waals surface area (Å²) in [5.41, 5.74) is 2.84. The normalized spacial score (nSPS) is 10.4. The van der Waals surface area contributed by atoms with E-state index in [1.807, 2.05) is 31.2 Å². The van der Waals surface area contributed by atoms with Crippen LogP contribution in [0.1, 0.15) is 22.8 Å². The van der Waals surface area contributed by atoms with Crippen LogP contribution in [0.4, 0.5) is 11.4 Å². The van der Waals surface area contributed by atoms with Crippen molar-refractivity contribution in [3.8, 4) is 0 Å². The van der Waals surface area contributed by atoms with Gasteiger partial charge in [-0.05, 0) is 43.3 Å². The number of benzene rings is 2. The van der Waals surface area contributed by atoms with Crippen LogP contribution < -0.4 is 16.0 Å². The lowest BCUT2D eigenvalue weighted by atomic mass is 10.1. The zero-order chi connectivity index (χ0) is 20.5. The van der Waals surface area contributed by atoms with Gasteiger partial charge in [0, 0.05) is 24.0 Å². The Morgan fingerprint density at radius 1 is 0.929 bits per heavy atom. The first kappa shape index (κ1) is 21.1. The molecule has 28 heavy (non-hydrogen) atoms. The molecule has 148 valence electrons. The van der Waals surface area contributed by atoms with Crippen LogP contribution in [0.15, 0.2) is 48.5 Å². The van der Waals surface area contributed by atoms with Gasteiger partial charge in [-0.15, -0.1) is 0 Å². The number of nitrogens with zero attached hydrogens (tertiary/aromatic N) is 1. The first-order valence-electron chi connectivity index (χ1n) is 9.11. The summed E-state index contributed by atoms with van der Waals surface area (Å²) in [4.78, 5) is 37.8. The lowest BCUT2D eigenvalue weighted by Crippen LogP contribution is -2.36. The van der Waals surface area contributed by atoms with Gasteiger partial charge in [-0.2, -0.15) is 0 Å². The van der Waals surface area contributed by atoms with E-state index in [2.05, 4.69) is 16.0 Å². The molecule has 0 aliphatic heterocycles. The predicted molar refractivity (Wildman–Crippen MR) is 110 cm³/mol. The standard InChI is InChI=1S/C21H26N4O3/c1-4-15-8-5-6-11-18(15)24-20(27)14-25(3)13-19(26)23-17-10-7-9-16(12-17)21(28)22-2/h5-12H,4,13-14H2,1-3H3,(H,22,28)(H,23,26)(H,24,27). The SMILES string of the molecule is CCc1ccccc1NC(=O)CN(C)CC(=O)Nc1cccc(C(=O)NC)c1. The van der Waals surface area contributed by atoms with E-state index in [9.17, 15) is 14.4 Å². The number of amides is 3. The summed E-state index contributed by atoms with van der Waals surface area (Å²) in [7, 11) is 3.25. The van der Waals surface area contributed by atoms with Crippen molar-refractivity contribution in [2.45, 2.75) is 13.3 Å². The molecule has 0 aliphatic carbocycles. The third-order valence-electron chi connectivity index (χ3n) is 4.13. The van der Waals surface area contributed by atoms with E-state index in [1.54, 1.807) is 43.3 Å². The van der Waals surface area contributed by atoms with Gasteiger partial charge in [-0.3, -0.25) is 19.3 Å². The largest absolute Gasteiger partial charge is 0.355 e. The van der Waals surface area contributed by atoms with Gasteiger partial charge in [-0.1, -0.05) is 31.2 Å². The molecule has 0 atom stereocenters. The van der Waals surface area contributed by atoms with Gasteiger partial charge >= 0.3 is 0 Å². The molecule has 2 aromatic carbocycles. The number of hydrogen-bond acceptors (Lipinski definition) is 4. The average molecular weight is 382 g/mol. The quantitative estimate of drug-likeness (QED) is 0.652. The van der Waals surface area contributed by atoms with Crippen LogP contribution >= 0.6 is 0 Å². The second kappa shape index (κ2) is 10.2. The van der Waals surface area contributed by atoms with E-state index in [0.29, 0.717) is 11.3 Å². The lowest BCUT2D eigenvalue weighted by molar-refractivity contribution is -0.119. The minimum Gasteiger partial charge on any atom is -0.355 e. The molecular weight excluding hydrogens is 356 g/mol. The highest BCUT2D eigenvalue weighted by atomic mass is 16.2. The highest BCUT2D eigenvalue weighted by molar-refractivity contribution is 5.98. The molecule has 0 unspecified atom stereocenters. The van der Waals surface area contributed by atoms with Crippen LogP contribution in [0.25, 0.3) is 0 Å². The number of hydrogen-bond donors (Lipinski definition) is 3. The van der Waals surface area contributed by atoms with Crippen molar-refractivity contribution in [3.05, 3.63) is 59.7 Å². The summed E-state index contributed by atoms with van der Waals surface area (Å²) in [6, 6.07) is 14.3. The molecule has 0 aliphatic rings. The molecule has 3 amide bonds. The van der Waals surface area contributed by atoms with Crippen molar-refractivity contribution in [1.82, 2.24) is 10.2 Å². The molecule has 0 bridgehead atoms. The fourth-order valence-electron chi connectivity index (χ4n) is 2.77. The molecule has 0 spiro atoms. The van der Waals surface area contributed by atoms with Crippen molar-refractivity contribution >= 4 is 29.1 Å². The van der Waals surface area contributed by atoms with E-state index >= 15 is 0 Å². The van der Waals surface area contributed by atoms with Gasteiger partial charge in [0.2, 0.25) is 11.8 Å². The molecule has 0 heterocycles. The zero-order valence-corrected chi connectivity index (χ0v) is 16.4. The number of carbonyl (C=O) groups excluding carboxylic acids is 3. The molecule has 0 saturated heterocycles. The van der Waals surface area contributed by atoms with Crippen LogP contribution in [-0.4, -0.2) is 49.8 Å². The number of rotatable bonds is 8. The van der Waals surface area contributed by atoms with Gasteiger partial charge in [0.05, 0.1) is 13.1 Å². The Morgan fingerprint density at radius 2 is 1.61 bits per heavy atom. The third kappa shape index (κ3) is 6.21. The first-order valence-corrected chi connectivity index (χ1v) is 9.11. The van der Waals surface area contributed by atoms with Crippen molar-refractivity contribution in [1.29, 1.82) is 0 Å². The topological polar surface area (TPSA) is 90.5 Å². The molecule has 0 saturated carbocycles. The van der Waals surface area contributed by atoms with E-state index < -0.39 is 0 Å². The molecule has 7 heteroatoms. The summed E-state index contributed by atoms with van der Waals surface area (Å²) < 4.78 is 0. The van der Waals surface area contributed by atoms with Crippen LogP contribution in [-0.2, 0) is 16.0 Å². The maximum atomic E-state index is 12.3. The molecule has 3 N–H and O–H groups in total. The summed E-state index contributed by atoms with van der Waals surface area (Å²) in [5, 5.41) is 8.17. The lowest BCUT2D eigenvalue weighted by Gasteiger charge is -2.17. The second-order valence-electron chi connectivity index (χ2n) is 6.44. The van der Waals surface area contributed by atoms with Gasteiger partial charge in [0.1, 0.15) is 0 Å². The molecule has 0 aromatic heterocycles. The number of likely N-dealkylation sites (N-methyl/N-ethyl adjacent to an activating group) is 1. The Hall–Kier alpha value is -3.19. The van der Waals surface area contributed by atoms with E-state index in [0.717, 1.165) is 17.7 Å². The van der Waals surface area contributed by atoms with Crippen LogP contribution in [0.3, 0.4) is 0 Å². The summed E-state index contributed by atoms with van der Waals surface area (Å²) in [6.07, 6.45) is 0.823. The van der Waals surface area contributed by atoms with E-state index in [1.165, 1.54) is 0 Å². The maximum Gasteiger partial charge on any atom is 0.251 e. The Balaban J connectivity index is 1.87. The third-order valence-corrected chi connectivity index (χ3v) is 4.13. The van der Waals surface area contributed by atoms with Crippen LogP contribution in [0, 0.1) is 0 Å². The fraction of sp³-hybridized carbons (Fsp3) is 0.286. The van der Waals surface area contributed by atoms with Crippen LogP contribution in [0.2, 0.25) is 0 Å². The maximum absolute atomic E-state index is 12.3. The number of para-hydroxylation sites is 1. The van der Waals surface area contributed by atoms with Crippen LogP contribution in [0.5, 0.6) is 0 Å². The zero-order valence-electron chi connectivity index (χ0n) is 16.4. The van der Waals surface area contributed by atoms with E-state index in [-0.39, 0.29) is 30.8 Å². The van der Waals surface area contributed by atoms with Crippen molar-refractivity contribution < 1.29 is 14.4 Å². The molecule has 2 aromatic rings. The number of nitrogens with one attached hydrogen (secondary N) is 3. The minimum absolute atomic E-state index is 0.0487. The summed E-state index contributed by atoms with van der Waals surface area (Å²) in [5.74, 6) is -0.673. The number of aryl methyl sites for hydroxylation is 1. The highest BCUT2D eigenvalue weighted by Gasteiger charge is 2.13. The molecule has 0 fully saturated rings. The molecule has 7 nitrogen and oxygen atoms in total. The van der Waals surface area contributed by atoms with Gasteiger partial charge < -0.3 is 16.0 Å². The Labute approximate surface area is 165 Å². The first-order chi connectivity index (χ1) is 13.4. The Morgan fingerprint density at radius 3 is 2.29 bits per heavy atom. The van der Waals surface area contributed by atoms with Crippen molar-refractivity contribution in [2.24, 2.45) is 0 Å². The Bertz CT molecular complexity index is 851. The molecule has 2 rings (SSSR count). The predicted octanol–water partition coefficient (Wildman–Crippen LogP) is 2.12. The van der Waals surface area contributed by atoms with Gasteiger partial charge in [-0.25, -0.2) is 0 Å². The van der Waals surface area contributed by atoms with Gasteiger partial charge in [0.25, 0.3) is 5.91 Å². The fourth-order valence-corrected chi connectivity index (χ4v) is 2.77. The molecule has 0 radical (unpaired) electrons. The van der Waals surface area contributed by atoms with E-state index in [4.69, 9.17) is 0 Å². The minimum atomic E-state index is -0.265. The number of anilines is 2. The Kier molecular flexibility index (Phi) is 7.71. The monoisotopic (exact) mass is 382 g/mol. The van der Waals surface area contributed by atoms with Crippen molar-refractivity contribution in [2.75, 3.05) is 37.8 Å². The smallest absolute Gasteiger partial charge is 0.251 e. The summed E-state index contributed by atoms with van der Waals surface area (Å²) >= 11 is 0. The second-order valence-corrected chi connectivity index (χ2v) is 6.44. The van der Waals surface area contributed by atoms with Crippen molar-refractivity contribution in [3.63, 3.8) is 0 Å². The molecular formula is C21H26N4O3. The van der Waals surface area contributed by atoms with Gasteiger partial charge in [0.15, 0.2) is 0 Å². The summed E-state index contributed by atoms with van der Waals surface area (Å²) in [6.45, 7) is 2.16. The average Bonchev–Trinajstić information content (AvgIpc) is 2.67. The number of carbonyl (C=O) groups is 3. The highest BCUT2D eigenvalue weighted by Crippen LogP contribution is 2.15.